The van der Waals surface area contributed by atoms with Gasteiger partial charge in [-0.1, -0.05) is 18.2 Å². The van der Waals surface area contributed by atoms with Crippen molar-refractivity contribution in [2.75, 3.05) is 26.2 Å². The van der Waals surface area contributed by atoms with Crippen LogP contribution in [0.4, 0.5) is 0 Å². The summed E-state index contributed by atoms with van der Waals surface area (Å²) < 4.78 is 5.62. The third kappa shape index (κ3) is 3.40. The van der Waals surface area contributed by atoms with Crippen LogP contribution in [0.15, 0.2) is 30.3 Å². The van der Waals surface area contributed by atoms with Crippen molar-refractivity contribution in [2.24, 2.45) is 0 Å². The van der Waals surface area contributed by atoms with Crippen molar-refractivity contribution in [1.29, 1.82) is 0 Å². The van der Waals surface area contributed by atoms with Crippen LogP contribution in [0.2, 0.25) is 0 Å². The van der Waals surface area contributed by atoms with E-state index in [-0.39, 0.29) is 0 Å². The van der Waals surface area contributed by atoms with Crippen LogP contribution in [0.5, 0.6) is 5.75 Å². The SMILES string of the molecule is ClC1CCN(CCOc2ccccc2)C1. The number of hydrogen-bond donors (Lipinski definition) is 0. The molecule has 1 heterocycles. The van der Waals surface area contributed by atoms with E-state index in [1.165, 1.54) is 0 Å². The van der Waals surface area contributed by atoms with Crippen LogP contribution in [0.25, 0.3) is 0 Å². The molecule has 1 aliphatic rings. The molecule has 2 nitrogen and oxygen atoms in total. The first kappa shape index (κ1) is 10.8. The molecule has 2 rings (SSSR count). The van der Waals surface area contributed by atoms with Gasteiger partial charge in [0.2, 0.25) is 0 Å². The molecule has 0 bridgehead atoms. The van der Waals surface area contributed by atoms with Gasteiger partial charge in [0.15, 0.2) is 0 Å². The Kier molecular flexibility index (Phi) is 3.87. The van der Waals surface area contributed by atoms with E-state index in [0.29, 0.717) is 5.38 Å². The van der Waals surface area contributed by atoms with Gasteiger partial charge in [-0.25, -0.2) is 0 Å². The summed E-state index contributed by atoms with van der Waals surface area (Å²) in [6.07, 6.45) is 1.10. The zero-order valence-electron chi connectivity index (χ0n) is 8.73. The van der Waals surface area contributed by atoms with Crippen LogP contribution >= 0.6 is 11.6 Å². The Balaban J connectivity index is 1.67. The van der Waals surface area contributed by atoms with Gasteiger partial charge in [-0.2, -0.15) is 0 Å². The quantitative estimate of drug-likeness (QED) is 0.730. The van der Waals surface area contributed by atoms with E-state index >= 15 is 0 Å². The Bertz CT molecular complexity index is 291. The molecule has 1 unspecified atom stereocenters. The molecular weight excluding hydrogens is 210 g/mol. The Labute approximate surface area is 95.8 Å². The first-order valence-corrected chi connectivity index (χ1v) is 5.82. The van der Waals surface area contributed by atoms with Crippen LogP contribution in [0.1, 0.15) is 6.42 Å². The topological polar surface area (TPSA) is 12.5 Å². The molecule has 0 radical (unpaired) electrons. The Morgan fingerprint density at radius 1 is 1.33 bits per heavy atom. The van der Waals surface area contributed by atoms with E-state index in [2.05, 4.69) is 4.90 Å². The molecule has 15 heavy (non-hydrogen) atoms. The minimum absolute atomic E-state index is 0.335. The summed E-state index contributed by atoms with van der Waals surface area (Å²) in [5.41, 5.74) is 0. The number of nitrogens with zero attached hydrogens (tertiary/aromatic N) is 1. The molecular formula is C12H16ClNO. The Hall–Kier alpha value is -0.730. The zero-order chi connectivity index (χ0) is 10.5. The predicted octanol–water partition coefficient (Wildman–Crippen LogP) is 2.38. The second-order valence-electron chi connectivity index (χ2n) is 3.85. The molecule has 1 saturated heterocycles. The van der Waals surface area contributed by atoms with E-state index in [1.807, 2.05) is 30.3 Å². The minimum atomic E-state index is 0.335. The lowest BCUT2D eigenvalue weighted by Gasteiger charge is -2.15. The Morgan fingerprint density at radius 2 is 2.13 bits per heavy atom. The monoisotopic (exact) mass is 225 g/mol. The molecule has 1 atom stereocenters. The fourth-order valence-corrected chi connectivity index (χ4v) is 2.09. The molecule has 0 aromatic heterocycles. The third-order valence-corrected chi connectivity index (χ3v) is 2.99. The summed E-state index contributed by atoms with van der Waals surface area (Å²) in [5, 5.41) is 0.335. The van der Waals surface area contributed by atoms with Crippen molar-refractivity contribution in [1.82, 2.24) is 4.90 Å². The first-order chi connectivity index (χ1) is 7.34. The molecule has 0 N–H and O–H groups in total. The van der Waals surface area contributed by atoms with E-state index in [4.69, 9.17) is 16.3 Å². The summed E-state index contributed by atoms with van der Waals surface area (Å²) in [5.74, 6) is 0.944. The fraction of sp³-hybridized carbons (Fsp3) is 0.500. The maximum absolute atomic E-state index is 6.02. The number of alkyl halides is 1. The zero-order valence-corrected chi connectivity index (χ0v) is 9.49. The number of halogens is 1. The van der Waals surface area contributed by atoms with Gasteiger partial charge >= 0.3 is 0 Å². The summed E-state index contributed by atoms with van der Waals surface area (Å²) in [6, 6.07) is 9.92. The minimum Gasteiger partial charge on any atom is -0.492 e. The number of ether oxygens (including phenoxy) is 1. The van der Waals surface area contributed by atoms with E-state index in [9.17, 15) is 0 Å². The normalized spacial score (nSPS) is 21.8. The Morgan fingerprint density at radius 3 is 2.80 bits per heavy atom. The summed E-state index contributed by atoms with van der Waals surface area (Å²) in [4.78, 5) is 2.35. The molecule has 1 fully saturated rings. The largest absolute Gasteiger partial charge is 0.492 e. The van der Waals surface area contributed by atoms with Crippen molar-refractivity contribution in [3.63, 3.8) is 0 Å². The number of likely N-dealkylation sites (tertiary alicyclic amines) is 1. The molecule has 1 aromatic carbocycles. The number of rotatable bonds is 4. The smallest absolute Gasteiger partial charge is 0.119 e. The van der Waals surface area contributed by atoms with Gasteiger partial charge in [-0.3, -0.25) is 4.90 Å². The lowest BCUT2D eigenvalue weighted by Crippen LogP contribution is -2.26. The molecule has 0 saturated carbocycles. The number of para-hydroxylation sites is 1. The van der Waals surface area contributed by atoms with Gasteiger partial charge in [-0.15, -0.1) is 11.6 Å². The average molecular weight is 226 g/mol. The summed E-state index contributed by atoms with van der Waals surface area (Å²) >= 11 is 6.02. The van der Waals surface area contributed by atoms with Crippen molar-refractivity contribution in [2.45, 2.75) is 11.8 Å². The standard InChI is InChI=1S/C12H16ClNO/c13-11-6-7-14(10-11)8-9-15-12-4-2-1-3-5-12/h1-5,11H,6-10H2. The molecule has 1 aromatic rings. The van der Waals surface area contributed by atoms with Gasteiger partial charge in [0, 0.05) is 18.5 Å². The average Bonchev–Trinajstić information content (AvgIpc) is 2.66. The molecule has 0 aliphatic carbocycles. The van der Waals surface area contributed by atoms with Crippen molar-refractivity contribution in [3.8, 4) is 5.75 Å². The van der Waals surface area contributed by atoms with E-state index in [0.717, 1.165) is 38.4 Å². The van der Waals surface area contributed by atoms with Crippen LogP contribution in [0.3, 0.4) is 0 Å². The molecule has 0 amide bonds. The van der Waals surface area contributed by atoms with Crippen LogP contribution in [-0.4, -0.2) is 36.5 Å². The molecule has 82 valence electrons. The molecule has 0 spiro atoms. The van der Waals surface area contributed by atoms with Crippen molar-refractivity contribution < 1.29 is 4.74 Å². The molecule has 1 aliphatic heterocycles. The first-order valence-electron chi connectivity index (χ1n) is 5.39. The van der Waals surface area contributed by atoms with Gasteiger partial charge in [0.1, 0.15) is 12.4 Å². The second kappa shape index (κ2) is 5.38. The maximum Gasteiger partial charge on any atom is 0.119 e. The van der Waals surface area contributed by atoms with Gasteiger partial charge in [-0.05, 0) is 25.1 Å². The number of benzene rings is 1. The van der Waals surface area contributed by atoms with Crippen LogP contribution in [-0.2, 0) is 0 Å². The van der Waals surface area contributed by atoms with Crippen LogP contribution < -0.4 is 4.74 Å². The van der Waals surface area contributed by atoms with Gasteiger partial charge in [0.05, 0.1) is 0 Å². The second-order valence-corrected chi connectivity index (χ2v) is 4.47. The van der Waals surface area contributed by atoms with E-state index in [1.54, 1.807) is 0 Å². The summed E-state index contributed by atoms with van der Waals surface area (Å²) in [6.45, 7) is 3.82. The van der Waals surface area contributed by atoms with Gasteiger partial charge < -0.3 is 4.74 Å². The van der Waals surface area contributed by atoms with Gasteiger partial charge in [0.25, 0.3) is 0 Å². The fourth-order valence-electron chi connectivity index (χ4n) is 1.80. The van der Waals surface area contributed by atoms with E-state index < -0.39 is 0 Å². The highest BCUT2D eigenvalue weighted by Crippen LogP contribution is 2.14. The number of hydrogen-bond acceptors (Lipinski definition) is 2. The highest BCUT2D eigenvalue weighted by molar-refractivity contribution is 6.20. The maximum atomic E-state index is 6.02. The highest BCUT2D eigenvalue weighted by Gasteiger charge is 2.19. The highest BCUT2D eigenvalue weighted by atomic mass is 35.5. The van der Waals surface area contributed by atoms with Crippen molar-refractivity contribution in [3.05, 3.63) is 30.3 Å². The predicted molar refractivity (Wildman–Crippen MR) is 62.6 cm³/mol. The van der Waals surface area contributed by atoms with Crippen LogP contribution in [0, 0.1) is 0 Å². The third-order valence-electron chi connectivity index (χ3n) is 2.63. The summed E-state index contributed by atoms with van der Waals surface area (Å²) in [7, 11) is 0. The van der Waals surface area contributed by atoms with Crippen molar-refractivity contribution >= 4 is 11.6 Å². The molecule has 3 heteroatoms. The lowest BCUT2D eigenvalue weighted by atomic mass is 10.3. The lowest BCUT2D eigenvalue weighted by molar-refractivity contribution is 0.238.